The lowest BCUT2D eigenvalue weighted by atomic mass is 10.2. The summed E-state index contributed by atoms with van der Waals surface area (Å²) in [6.45, 7) is 1.33. The topological polar surface area (TPSA) is 83.5 Å². The van der Waals surface area contributed by atoms with Crippen molar-refractivity contribution in [1.29, 1.82) is 0 Å². The van der Waals surface area contributed by atoms with Crippen LogP contribution in [0.15, 0.2) is 0 Å². The molecule has 0 amide bonds. The Kier molecular flexibility index (Phi) is 5.80. The molecule has 0 rings (SSSR count). The summed E-state index contributed by atoms with van der Waals surface area (Å²) in [5.74, 6) is -1.18. The van der Waals surface area contributed by atoms with Gasteiger partial charge in [-0.25, -0.2) is 0 Å². The third-order valence-electron chi connectivity index (χ3n) is 0.805. The number of rotatable bonds is 2. The van der Waals surface area contributed by atoms with E-state index in [0.717, 1.165) is 0 Å². The first-order valence-electron chi connectivity index (χ1n) is 2.22. The van der Waals surface area contributed by atoms with E-state index < -0.39 is 18.1 Å². The minimum Gasteiger partial charge on any atom is -0.480 e. The molecule has 0 aromatic rings. The molecule has 0 spiro atoms. The molecule has 0 bridgehead atoms. The van der Waals surface area contributed by atoms with E-state index in [4.69, 9.17) is 15.9 Å². The van der Waals surface area contributed by atoms with E-state index in [9.17, 15) is 4.79 Å². The molecule has 0 saturated heterocycles. The fourth-order valence-electron chi connectivity index (χ4n) is 0.206. The van der Waals surface area contributed by atoms with Crippen LogP contribution in [0.2, 0.25) is 0 Å². The second-order valence-corrected chi connectivity index (χ2v) is 1.60. The van der Waals surface area contributed by atoms with Crippen molar-refractivity contribution in [3.05, 3.63) is 0 Å². The zero-order valence-corrected chi connectivity index (χ0v) is 5.76. The molecule has 4 N–H and O–H groups in total. The molecule has 0 aliphatic carbocycles. The zero-order chi connectivity index (χ0) is 6.73. The fourth-order valence-corrected chi connectivity index (χ4v) is 0.206. The van der Waals surface area contributed by atoms with Crippen molar-refractivity contribution < 1.29 is 15.0 Å². The Labute approximate surface area is 59.1 Å². The fraction of sp³-hybridized carbons (Fsp3) is 0.750. The van der Waals surface area contributed by atoms with E-state index in [-0.39, 0.29) is 12.4 Å². The van der Waals surface area contributed by atoms with Crippen molar-refractivity contribution in [1.82, 2.24) is 0 Å². The van der Waals surface area contributed by atoms with Crippen LogP contribution in [0.3, 0.4) is 0 Å². The first kappa shape index (κ1) is 11.5. The molecule has 56 valence electrons. The summed E-state index contributed by atoms with van der Waals surface area (Å²) < 4.78 is 0. The van der Waals surface area contributed by atoms with Crippen LogP contribution in [0.25, 0.3) is 0 Å². The summed E-state index contributed by atoms with van der Waals surface area (Å²) in [7, 11) is 0. The monoisotopic (exact) mass is 155 g/mol. The number of carbonyl (C=O) groups is 1. The summed E-state index contributed by atoms with van der Waals surface area (Å²) >= 11 is 0. The molecule has 5 heteroatoms. The lowest BCUT2D eigenvalue weighted by molar-refractivity contribution is -0.140. The lowest BCUT2D eigenvalue weighted by Gasteiger charge is -2.06. The Hall–Kier alpha value is -0.320. The Bertz CT molecular complexity index is 95.8. The molecule has 0 aliphatic rings. The van der Waals surface area contributed by atoms with Gasteiger partial charge in [0.2, 0.25) is 0 Å². The van der Waals surface area contributed by atoms with Gasteiger partial charge in [0.15, 0.2) is 0 Å². The maximum absolute atomic E-state index is 9.86. The molecule has 0 fully saturated rings. The number of hydrogen-bond donors (Lipinski definition) is 3. The van der Waals surface area contributed by atoms with Crippen molar-refractivity contribution >= 4 is 18.4 Å². The largest absolute Gasteiger partial charge is 0.480 e. The third kappa shape index (κ3) is 4.20. The van der Waals surface area contributed by atoms with Crippen molar-refractivity contribution in [3.8, 4) is 0 Å². The quantitative estimate of drug-likeness (QED) is 0.488. The summed E-state index contributed by atoms with van der Waals surface area (Å²) in [4.78, 5) is 9.86. The highest BCUT2D eigenvalue weighted by atomic mass is 35.5. The molecule has 0 unspecified atom stereocenters. The highest BCUT2D eigenvalue weighted by Crippen LogP contribution is 1.85. The normalized spacial score (nSPS) is 15.4. The van der Waals surface area contributed by atoms with Crippen LogP contribution < -0.4 is 5.73 Å². The second kappa shape index (κ2) is 4.55. The Balaban J connectivity index is 0. The van der Waals surface area contributed by atoms with Gasteiger partial charge in [-0.2, -0.15) is 0 Å². The predicted octanol–water partition coefficient (Wildman–Crippen LogP) is -0.799. The Morgan fingerprint density at radius 1 is 1.67 bits per heavy atom. The van der Waals surface area contributed by atoms with Gasteiger partial charge in [-0.05, 0) is 6.92 Å². The van der Waals surface area contributed by atoms with E-state index in [1.165, 1.54) is 6.92 Å². The Morgan fingerprint density at radius 3 is 2.00 bits per heavy atom. The molecule has 4 nitrogen and oxygen atoms in total. The summed E-state index contributed by atoms with van der Waals surface area (Å²) in [5, 5.41) is 16.6. The first-order chi connectivity index (χ1) is 3.55. The number of aliphatic hydroxyl groups excluding tert-OH is 1. The van der Waals surface area contributed by atoms with Crippen LogP contribution in [0, 0.1) is 0 Å². The van der Waals surface area contributed by atoms with Crippen LogP contribution in [-0.4, -0.2) is 28.3 Å². The molecule has 0 aliphatic heterocycles. The highest BCUT2D eigenvalue weighted by Gasteiger charge is 2.16. The molecular weight excluding hydrogens is 146 g/mol. The third-order valence-corrected chi connectivity index (χ3v) is 0.805. The minimum atomic E-state index is -1.18. The summed E-state index contributed by atoms with van der Waals surface area (Å²) in [5.41, 5.74) is 4.91. The number of aliphatic carboxylic acids is 1. The van der Waals surface area contributed by atoms with Gasteiger partial charge >= 0.3 is 5.97 Å². The summed E-state index contributed by atoms with van der Waals surface area (Å²) in [6.07, 6.45) is -0.979. The van der Waals surface area contributed by atoms with Crippen LogP contribution in [-0.2, 0) is 4.79 Å². The lowest BCUT2D eigenvalue weighted by Crippen LogP contribution is -2.39. The van der Waals surface area contributed by atoms with Crippen molar-refractivity contribution in [2.24, 2.45) is 5.73 Å². The molecular formula is C4H10ClNO3. The second-order valence-electron chi connectivity index (χ2n) is 1.60. The molecule has 9 heavy (non-hydrogen) atoms. The molecule has 0 saturated carbocycles. The molecule has 0 aromatic heterocycles. The van der Waals surface area contributed by atoms with Gasteiger partial charge in [-0.3, -0.25) is 4.79 Å². The van der Waals surface area contributed by atoms with Gasteiger partial charge in [-0.1, -0.05) is 0 Å². The van der Waals surface area contributed by atoms with E-state index in [1.807, 2.05) is 0 Å². The van der Waals surface area contributed by atoms with Crippen LogP contribution >= 0.6 is 12.4 Å². The molecule has 0 heterocycles. The van der Waals surface area contributed by atoms with Gasteiger partial charge < -0.3 is 15.9 Å². The van der Waals surface area contributed by atoms with Crippen LogP contribution in [0.5, 0.6) is 0 Å². The highest BCUT2D eigenvalue weighted by molar-refractivity contribution is 5.85. The predicted molar refractivity (Wildman–Crippen MR) is 34.5 cm³/mol. The maximum Gasteiger partial charge on any atom is 0.323 e. The standard InChI is InChI=1S/C4H9NO3.ClH/c1-2(6)3(5)4(7)8;/h2-3,6H,5H2,1H3,(H,7,8);1H/t2-,3+;/m1./s1. The van der Waals surface area contributed by atoms with Gasteiger partial charge in [0.25, 0.3) is 0 Å². The van der Waals surface area contributed by atoms with Crippen molar-refractivity contribution in [2.75, 3.05) is 0 Å². The number of aliphatic hydroxyl groups is 1. The van der Waals surface area contributed by atoms with Gasteiger partial charge in [0.1, 0.15) is 6.04 Å². The van der Waals surface area contributed by atoms with Crippen molar-refractivity contribution in [3.63, 3.8) is 0 Å². The zero-order valence-electron chi connectivity index (χ0n) is 4.94. The smallest absolute Gasteiger partial charge is 0.323 e. The van der Waals surface area contributed by atoms with Gasteiger partial charge in [0, 0.05) is 0 Å². The minimum absolute atomic E-state index is 0. The van der Waals surface area contributed by atoms with E-state index in [0.29, 0.717) is 0 Å². The van der Waals surface area contributed by atoms with Crippen LogP contribution in [0.4, 0.5) is 0 Å². The first-order valence-corrected chi connectivity index (χ1v) is 2.22. The van der Waals surface area contributed by atoms with Crippen molar-refractivity contribution in [2.45, 2.75) is 19.1 Å². The molecule has 2 atom stereocenters. The molecule has 0 aromatic carbocycles. The number of carboxylic acids is 1. The maximum atomic E-state index is 9.86. The number of halogens is 1. The number of nitrogens with two attached hydrogens (primary N) is 1. The number of hydrogen-bond acceptors (Lipinski definition) is 3. The average molecular weight is 156 g/mol. The SMILES string of the molecule is C[C@@H](O)[C@H](N)C(=O)O.Cl. The van der Waals surface area contributed by atoms with E-state index in [1.54, 1.807) is 0 Å². The van der Waals surface area contributed by atoms with Crippen LogP contribution in [0.1, 0.15) is 6.92 Å². The van der Waals surface area contributed by atoms with E-state index in [2.05, 4.69) is 0 Å². The number of carboxylic acid groups (broad SMARTS) is 1. The average Bonchev–Trinajstić information content (AvgIpc) is 1.64. The Morgan fingerprint density at radius 2 is 2.00 bits per heavy atom. The van der Waals surface area contributed by atoms with Gasteiger partial charge in [0.05, 0.1) is 6.10 Å². The van der Waals surface area contributed by atoms with Gasteiger partial charge in [-0.15, -0.1) is 12.4 Å². The summed E-state index contributed by atoms with van der Waals surface area (Å²) in [6, 6.07) is -1.16. The molecule has 0 radical (unpaired) electrons. The van der Waals surface area contributed by atoms with E-state index >= 15 is 0 Å².